The van der Waals surface area contributed by atoms with Crippen LogP contribution in [0.15, 0.2) is 47.5 Å². The van der Waals surface area contributed by atoms with E-state index in [2.05, 4.69) is 10.3 Å². The number of nitrogens with two attached hydrogens (primary N) is 1. The molecule has 6 heteroatoms. The van der Waals surface area contributed by atoms with Gasteiger partial charge in [0.15, 0.2) is 17.5 Å². The number of nitrogens with one attached hydrogen (secondary N) is 1. The maximum Gasteiger partial charge on any atom is 0.188 e. The SMILES string of the molecule is COc1ccc(CCNC(N)=NCCCc2ccc(O)cc2)cc1OC. The van der Waals surface area contributed by atoms with E-state index >= 15 is 0 Å². The number of rotatable bonds is 9. The first-order valence-corrected chi connectivity index (χ1v) is 8.65. The summed E-state index contributed by atoms with van der Waals surface area (Å²) in [6.45, 7) is 1.36. The second kappa shape index (κ2) is 10.2. The molecule has 0 amide bonds. The first kappa shape index (κ1) is 19.4. The number of guanidine groups is 1. The number of hydrogen-bond acceptors (Lipinski definition) is 4. The number of hydrogen-bond donors (Lipinski definition) is 3. The Labute approximate surface area is 154 Å². The molecule has 0 heterocycles. The number of nitrogens with zero attached hydrogens (tertiary/aromatic N) is 1. The van der Waals surface area contributed by atoms with Gasteiger partial charge in [-0.3, -0.25) is 4.99 Å². The van der Waals surface area contributed by atoms with Crippen molar-refractivity contribution >= 4 is 5.96 Å². The molecular weight excluding hydrogens is 330 g/mol. The number of ether oxygens (including phenoxy) is 2. The van der Waals surface area contributed by atoms with Gasteiger partial charge >= 0.3 is 0 Å². The highest BCUT2D eigenvalue weighted by Crippen LogP contribution is 2.27. The molecule has 0 aliphatic heterocycles. The topological polar surface area (TPSA) is 89.1 Å². The maximum atomic E-state index is 9.26. The van der Waals surface area contributed by atoms with Gasteiger partial charge in [-0.1, -0.05) is 18.2 Å². The number of benzene rings is 2. The molecule has 0 aliphatic carbocycles. The van der Waals surface area contributed by atoms with Crippen molar-refractivity contribution in [3.63, 3.8) is 0 Å². The third-order valence-corrected chi connectivity index (χ3v) is 4.01. The molecule has 0 saturated carbocycles. The van der Waals surface area contributed by atoms with Crippen molar-refractivity contribution in [3.8, 4) is 17.2 Å². The predicted molar refractivity (Wildman–Crippen MR) is 104 cm³/mol. The Kier molecular flexibility index (Phi) is 7.61. The van der Waals surface area contributed by atoms with Crippen molar-refractivity contribution < 1.29 is 14.6 Å². The van der Waals surface area contributed by atoms with E-state index < -0.39 is 0 Å². The smallest absolute Gasteiger partial charge is 0.188 e. The first-order chi connectivity index (χ1) is 12.6. The molecule has 26 heavy (non-hydrogen) atoms. The highest BCUT2D eigenvalue weighted by atomic mass is 16.5. The average Bonchev–Trinajstić information content (AvgIpc) is 2.66. The van der Waals surface area contributed by atoms with Crippen molar-refractivity contribution in [2.24, 2.45) is 10.7 Å². The van der Waals surface area contributed by atoms with Crippen LogP contribution < -0.4 is 20.5 Å². The van der Waals surface area contributed by atoms with Crippen molar-refractivity contribution in [1.82, 2.24) is 5.32 Å². The lowest BCUT2D eigenvalue weighted by Crippen LogP contribution is -2.33. The summed E-state index contributed by atoms with van der Waals surface area (Å²) in [5.41, 5.74) is 8.21. The summed E-state index contributed by atoms with van der Waals surface area (Å²) in [7, 11) is 3.25. The van der Waals surface area contributed by atoms with Gasteiger partial charge in [0.05, 0.1) is 14.2 Å². The zero-order valence-corrected chi connectivity index (χ0v) is 15.4. The summed E-state index contributed by atoms with van der Waals surface area (Å²) in [6.07, 6.45) is 2.62. The number of phenolic OH excluding ortho intramolecular Hbond substituents is 1. The van der Waals surface area contributed by atoms with Gasteiger partial charge in [-0.05, 0) is 54.7 Å². The van der Waals surface area contributed by atoms with Crippen LogP contribution in [0.1, 0.15) is 17.5 Å². The summed E-state index contributed by atoms with van der Waals surface area (Å²) < 4.78 is 10.5. The van der Waals surface area contributed by atoms with Gasteiger partial charge in [-0.2, -0.15) is 0 Å². The standard InChI is InChI=1S/C20H27N3O3/c1-25-18-10-7-16(14-19(18)26-2)11-13-23-20(21)22-12-3-4-15-5-8-17(24)9-6-15/h5-10,14,24H,3-4,11-13H2,1-2H3,(H3,21,22,23). The molecule has 6 nitrogen and oxygen atoms in total. The minimum atomic E-state index is 0.287. The first-order valence-electron chi connectivity index (χ1n) is 8.65. The lowest BCUT2D eigenvalue weighted by molar-refractivity contribution is 0.354. The molecule has 2 aromatic rings. The van der Waals surface area contributed by atoms with E-state index in [0.717, 1.165) is 36.3 Å². The molecule has 0 fully saturated rings. The zero-order chi connectivity index (χ0) is 18.8. The number of aryl methyl sites for hydroxylation is 1. The number of aliphatic imine (C=N–C) groups is 1. The van der Waals surface area contributed by atoms with Gasteiger partial charge in [-0.25, -0.2) is 0 Å². The third kappa shape index (κ3) is 6.20. The van der Waals surface area contributed by atoms with E-state index in [4.69, 9.17) is 15.2 Å². The van der Waals surface area contributed by atoms with Crippen molar-refractivity contribution in [3.05, 3.63) is 53.6 Å². The van der Waals surface area contributed by atoms with Crippen molar-refractivity contribution in [2.75, 3.05) is 27.3 Å². The van der Waals surface area contributed by atoms with Crippen molar-refractivity contribution in [2.45, 2.75) is 19.3 Å². The minimum absolute atomic E-state index is 0.287. The van der Waals surface area contributed by atoms with E-state index in [1.807, 2.05) is 30.3 Å². The van der Waals surface area contributed by atoms with Crippen LogP contribution in [0, 0.1) is 0 Å². The Bertz CT molecular complexity index is 715. The molecular formula is C20H27N3O3. The lowest BCUT2D eigenvalue weighted by atomic mass is 10.1. The molecule has 2 rings (SSSR count). The molecule has 0 aromatic heterocycles. The van der Waals surface area contributed by atoms with Crippen LogP contribution in [0.5, 0.6) is 17.2 Å². The van der Waals surface area contributed by atoms with Gasteiger partial charge in [-0.15, -0.1) is 0 Å². The molecule has 0 aliphatic rings. The largest absolute Gasteiger partial charge is 0.508 e. The van der Waals surface area contributed by atoms with Gasteiger partial charge in [0.25, 0.3) is 0 Å². The van der Waals surface area contributed by atoms with E-state index in [1.54, 1.807) is 26.4 Å². The second-order valence-electron chi connectivity index (χ2n) is 5.90. The molecule has 0 bridgehead atoms. The molecule has 0 saturated heterocycles. The Morgan fingerprint density at radius 1 is 1.00 bits per heavy atom. The number of methoxy groups -OCH3 is 2. The molecule has 0 atom stereocenters. The summed E-state index contributed by atoms with van der Waals surface area (Å²) >= 11 is 0. The van der Waals surface area contributed by atoms with Crippen LogP contribution in [-0.4, -0.2) is 38.4 Å². The lowest BCUT2D eigenvalue weighted by Gasteiger charge is -2.10. The molecule has 4 N–H and O–H groups in total. The Balaban J connectivity index is 1.70. The number of phenols is 1. The summed E-state index contributed by atoms with van der Waals surface area (Å²) in [5, 5.41) is 12.4. The minimum Gasteiger partial charge on any atom is -0.508 e. The molecule has 0 radical (unpaired) electrons. The van der Waals surface area contributed by atoms with E-state index in [-0.39, 0.29) is 5.75 Å². The fourth-order valence-corrected chi connectivity index (χ4v) is 2.57. The predicted octanol–water partition coefficient (Wildman–Crippen LogP) is 2.49. The Morgan fingerprint density at radius 3 is 2.38 bits per heavy atom. The average molecular weight is 357 g/mol. The number of aromatic hydroxyl groups is 1. The summed E-state index contributed by atoms with van der Waals surface area (Å²) in [4.78, 5) is 4.34. The Hall–Kier alpha value is -2.89. The van der Waals surface area contributed by atoms with Gasteiger partial charge in [0.1, 0.15) is 5.75 Å². The van der Waals surface area contributed by atoms with E-state index in [9.17, 15) is 5.11 Å². The van der Waals surface area contributed by atoms with Gasteiger partial charge in [0.2, 0.25) is 0 Å². The van der Waals surface area contributed by atoms with E-state index in [0.29, 0.717) is 19.0 Å². The van der Waals surface area contributed by atoms with Gasteiger partial charge in [0, 0.05) is 13.1 Å². The molecule has 140 valence electrons. The normalized spacial score (nSPS) is 11.2. The van der Waals surface area contributed by atoms with E-state index in [1.165, 1.54) is 5.56 Å². The fourth-order valence-electron chi connectivity index (χ4n) is 2.57. The molecule has 0 unspecified atom stereocenters. The molecule has 0 spiro atoms. The van der Waals surface area contributed by atoms with Crippen LogP contribution in [0.3, 0.4) is 0 Å². The van der Waals surface area contributed by atoms with Crippen LogP contribution >= 0.6 is 0 Å². The third-order valence-electron chi connectivity index (χ3n) is 4.01. The monoisotopic (exact) mass is 357 g/mol. The van der Waals surface area contributed by atoms with Crippen LogP contribution in [-0.2, 0) is 12.8 Å². The van der Waals surface area contributed by atoms with Crippen LogP contribution in [0.25, 0.3) is 0 Å². The van der Waals surface area contributed by atoms with Gasteiger partial charge < -0.3 is 25.6 Å². The quantitative estimate of drug-likeness (QED) is 0.364. The molecule has 2 aromatic carbocycles. The fraction of sp³-hybridized carbons (Fsp3) is 0.350. The van der Waals surface area contributed by atoms with Crippen molar-refractivity contribution in [1.29, 1.82) is 0 Å². The van der Waals surface area contributed by atoms with Crippen LogP contribution in [0.2, 0.25) is 0 Å². The second-order valence-corrected chi connectivity index (χ2v) is 5.90. The summed E-state index contributed by atoms with van der Waals surface area (Å²) in [6, 6.07) is 13.1. The highest BCUT2D eigenvalue weighted by Gasteiger charge is 2.04. The Morgan fingerprint density at radius 2 is 1.69 bits per heavy atom. The van der Waals surface area contributed by atoms with Crippen LogP contribution in [0.4, 0.5) is 0 Å². The zero-order valence-electron chi connectivity index (χ0n) is 15.4. The summed E-state index contributed by atoms with van der Waals surface area (Å²) in [5.74, 6) is 2.19. The maximum absolute atomic E-state index is 9.26. The highest BCUT2D eigenvalue weighted by molar-refractivity contribution is 5.77.